The third-order valence-corrected chi connectivity index (χ3v) is 3.62. The van der Waals surface area contributed by atoms with Gasteiger partial charge in [0.05, 0.1) is 0 Å². The first-order valence-corrected chi connectivity index (χ1v) is 7.36. The summed E-state index contributed by atoms with van der Waals surface area (Å²) in [5.41, 5.74) is 6.84. The van der Waals surface area contributed by atoms with E-state index in [2.05, 4.69) is 25.1 Å². The molecule has 2 heterocycles. The Bertz CT molecular complexity index is 616. The molecule has 1 aromatic heterocycles. The van der Waals surface area contributed by atoms with Crippen LogP contribution in [-0.2, 0) is 19.5 Å². The third-order valence-electron chi connectivity index (χ3n) is 3.62. The van der Waals surface area contributed by atoms with Crippen LogP contribution in [-0.4, -0.2) is 20.7 Å². The monoisotopic (exact) mass is 284 g/mol. The second-order valence-corrected chi connectivity index (χ2v) is 5.19. The van der Waals surface area contributed by atoms with Gasteiger partial charge >= 0.3 is 0 Å². The highest BCUT2D eigenvalue weighted by Gasteiger charge is 2.14. The van der Waals surface area contributed by atoms with E-state index in [1.807, 2.05) is 30.3 Å². The predicted molar refractivity (Wildman–Crippen MR) is 83.0 cm³/mol. The summed E-state index contributed by atoms with van der Waals surface area (Å²) in [5.74, 6) is 2.36. The standard InChI is InChI=1S/C15H20N6/c16-15(18-12-7-3-1-4-8-12)17-11-14-20-19-13-9-5-2-6-10-21(13)14/h1,3-4,7-8H,2,5-6,9-11H2,(H3,16,17,18). The van der Waals surface area contributed by atoms with Gasteiger partial charge in [0.25, 0.3) is 0 Å². The number of guanidine groups is 1. The summed E-state index contributed by atoms with van der Waals surface area (Å²) in [5, 5.41) is 11.6. The van der Waals surface area contributed by atoms with Crippen LogP contribution >= 0.6 is 0 Å². The number of hydrogen-bond acceptors (Lipinski definition) is 3. The number of nitrogens with two attached hydrogens (primary N) is 1. The number of rotatable bonds is 3. The van der Waals surface area contributed by atoms with Gasteiger partial charge in [0, 0.05) is 18.7 Å². The molecule has 6 heteroatoms. The molecule has 1 aliphatic rings. The number of benzene rings is 1. The number of hydrogen-bond donors (Lipinski definition) is 2. The topological polar surface area (TPSA) is 81.1 Å². The summed E-state index contributed by atoms with van der Waals surface area (Å²) in [6.45, 7) is 1.44. The van der Waals surface area contributed by atoms with E-state index in [0.717, 1.165) is 30.3 Å². The molecule has 6 nitrogen and oxygen atoms in total. The molecule has 110 valence electrons. The zero-order chi connectivity index (χ0) is 14.5. The van der Waals surface area contributed by atoms with E-state index in [0.29, 0.717) is 12.5 Å². The molecule has 0 unspecified atom stereocenters. The van der Waals surface area contributed by atoms with Crippen LogP contribution < -0.4 is 11.1 Å². The van der Waals surface area contributed by atoms with Crippen LogP contribution in [0.4, 0.5) is 5.69 Å². The SMILES string of the molecule is NC(=NCc1nnc2n1CCCCC2)Nc1ccccc1. The van der Waals surface area contributed by atoms with Gasteiger partial charge in [-0.25, -0.2) is 4.99 Å². The highest BCUT2D eigenvalue weighted by atomic mass is 15.3. The maximum Gasteiger partial charge on any atom is 0.193 e. The number of aryl methyl sites for hydroxylation is 1. The van der Waals surface area contributed by atoms with Crippen LogP contribution in [0.2, 0.25) is 0 Å². The average molecular weight is 284 g/mol. The van der Waals surface area contributed by atoms with Crippen molar-refractivity contribution in [3.05, 3.63) is 42.0 Å². The van der Waals surface area contributed by atoms with Gasteiger partial charge < -0.3 is 15.6 Å². The van der Waals surface area contributed by atoms with E-state index < -0.39 is 0 Å². The molecular formula is C15H20N6. The highest BCUT2D eigenvalue weighted by Crippen LogP contribution is 2.14. The molecule has 1 aromatic carbocycles. The minimum Gasteiger partial charge on any atom is -0.370 e. The molecular weight excluding hydrogens is 264 g/mol. The first-order valence-electron chi connectivity index (χ1n) is 7.36. The number of anilines is 1. The molecule has 0 fully saturated rings. The first-order chi connectivity index (χ1) is 10.3. The fourth-order valence-electron chi connectivity index (χ4n) is 2.53. The lowest BCUT2D eigenvalue weighted by molar-refractivity contribution is 0.606. The van der Waals surface area contributed by atoms with Crippen LogP contribution in [0.15, 0.2) is 35.3 Å². The summed E-state index contributed by atoms with van der Waals surface area (Å²) in [4.78, 5) is 4.36. The zero-order valence-corrected chi connectivity index (χ0v) is 12.0. The minimum absolute atomic E-state index is 0.396. The summed E-state index contributed by atoms with van der Waals surface area (Å²) in [6, 6.07) is 9.77. The van der Waals surface area contributed by atoms with Crippen molar-refractivity contribution in [3.63, 3.8) is 0 Å². The second-order valence-electron chi connectivity index (χ2n) is 5.19. The Morgan fingerprint density at radius 1 is 1.19 bits per heavy atom. The van der Waals surface area contributed by atoms with Crippen LogP contribution in [0, 0.1) is 0 Å². The van der Waals surface area contributed by atoms with Crippen molar-refractivity contribution in [2.45, 2.75) is 38.8 Å². The maximum atomic E-state index is 5.91. The molecule has 0 atom stereocenters. The largest absolute Gasteiger partial charge is 0.370 e. The zero-order valence-electron chi connectivity index (χ0n) is 12.0. The van der Waals surface area contributed by atoms with Crippen molar-refractivity contribution in [3.8, 4) is 0 Å². The maximum absolute atomic E-state index is 5.91. The normalized spacial score (nSPS) is 15.3. The number of nitrogens with zero attached hydrogens (tertiary/aromatic N) is 4. The molecule has 0 radical (unpaired) electrons. The van der Waals surface area contributed by atoms with E-state index in [-0.39, 0.29) is 0 Å². The second kappa shape index (κ2) is 6.39. The molecule has 21 heavy (non-hydrogen) atoms. The van der Waals surface area contributed by atoms with Gasteiger partial charge in [-0.2, -0.15) is 0 Å². The van der Waals surface area contributed by atoms with Gasteiger partial charge in [0.2, 0.25) is 0 Å². The van der Waals surface area contributed by atoms with E-state index in [4.69, 9.17) is 5.73 Å². The van der Waals surface area contributed by atoms with E-state index in [1.165, 1.54) is 19.3 Å². The molecule has 1 aliphatic heterocycles. The van der Waals surface area contributed by atoms with Crippen LogP contribution in [0.3, 0.4) is 0 Å². The molecule has 3 rings (SSSR count). The van der Waals surface area contributed by atoms with E-state index >= 15 is 0 Å². The first kappa shape index (κ1) is 13.6. The Balaban J connectivity index is 1.67. The molecule has 0 aliphatic carbocycles. The lowest BCUT2D eigenvalue weighted by Gasteiger charge is -2.07. The molecule has 0 saturated heterocycles. The average Bonchev–Trinajstić information content (AvgIpc) is 2.73. The Hall–Kier alpha value is -2.37. The van der Waals surface area contributed by atoms with Crippen molar-refractivity contribution in [2.75, 3.05) is 5.32 Å². The van der Waals surface area contributed by atoms with Crippen molar-refractivity contribution in [1.29, 1.82) is 0 Å². The molecule has 0 saturated carbocycles. The van der Waals surface area contributed by atoms with Crippen molar-refractivity contribution < 1.29 is 0 Å². The van der Waals surface area contributed by atoms with Gasteiger partial charge in [0.15, 0.2) is 11.8 Å². The minimum atomic E-state index is 0.396. The molecule has 2 aromatic rings. The molecule has 0 bridgehead atoms. The van der Waals surface area contributed by atoms with Gasteiger partial charge in [-0.3, -0.25) is 0 Å². The van der Waals surface area contributed by atoms with Crippen molar-refractivity contribution >= 4 is 11.6 Å². The number of aliphatic imine (C=N–C) groups is 1. The smallest absolute Gasteiger partial charge is 0.193 e. The summed E-state index contributed by atoms with van der Waals surface area (Å²) in [7, 11) is 0. The number of aromatic nitrogens is 3. The van der Waals surface area contributed by atoms with Gasteiger partial charge in [-0.1, -0.05) is 24.6 Å². The fraction of sp³-hybridized carbons (Fsp3) is 0.400. The Morgan fingerprint density at radius 2 is 2.05 bits per heavy atom. The van der Waals surface area contributed by atoms with Gasteiger partial charge in [-0.15, -0.1) is 10.2 Å². The predicted octanol–water partition coefficient (Wildman–Crippen LogP) is 1.93. The number of fused-ring (bicyclic) bond motifs is 1. The summed E-state index contributed by atoms with van der Waals surface area (Å²) >= 11 is 0. The Labute approximate surface area is 124 Å². The number of nitrogens with one attached hydrogen (secondary N) is 1. The Morgan fingerprint density at radius 3 is 2.90 bits per heavy atom. The lowest BCUT2D eigenvalue weighted by atomic mass is 10.2. The lowest BCUT2D eigenvalue weighted by Crippen LogP contribution is -2.22. The number of para-hydroxylation sites is 1. The van der Waals surface area contributed by atoms with Crippen molar-refractivity contribution in [1.82, 2.24) is 14.8 Å². The molecule has 0 amide bonds. The summed E-state index contributed by atoms with van der Waals surface area (Å²) < 4.78 is 2.19. The Kier molecular flexibility index (Phi) is 4.14. The van der Waals surface area contributed by atoms with Crippen LogP contribution in [0.1, 0.15) is 30.9 Å². The quantitative estimate of drug-likeness (QED) is 0.666. The van der Waals surface area contributed by atoms with Gasteiger partial charge in [0.1, 0.15) is 12.4 Å². The van der Waals surface area contributed by atoms with Crippen LogP contribution in [0.25, 0.3) is 0 Å². The third kappa shape index (κ3) is 3.39. The summed E-state index contributed by atoms with van der Waals surface area (Å²) in [6.07, 6.45) is 4.64. The van der Waals surface area contributed by atoms with Crippen molar-refractivity contribution in [2.24, 2.45) is 10.7 Å². The fourth-order valence-corrected chi connectivity index (χ4v) is 2.53. The molecule has 0 spiro atoms. The molecule has 3 N–H and O–H groups in total. The van der Waals surface area contributed by atoms with Gasteiger partial charge in [-0.05, 0) is 25.0 Å². The highest BCUT2D eigenvalue weighted by molar-refractivity contribution is 5.92. The van der Waals surface area contributed by atoms with E-state index in [9.17, 15) is 0 Å². The van der Waals surface area contributed by atoms with E-state index in [1.54, 1.807) is 0 Å². The van der Waals surface area contributed by atoms with Crippen LogP contribution in [0.5, 0.6) is 0 Å².